The number of hydrogen-bond acceptors (Lipinski definition) is 6. The molecule has 2 aromatic carbocycles. The molecule has 2 aromatic rings. The van der Waals surface area contributed by atoms with Crippen molar-refractivity contribution < 1.29 is 19.1 Å². The van der Waals surface area contributed by atoms with Crippen LogP contribution in [0.2, 0.25) is 10.0 Å². The molecule has 1 atom stereocenters. The first-order valence-electron chi connectivity index (χ1n) is 11.4. The number of halogens is 2. The lowest BCUT2D eigenvalue weighted by Crippen LogP contribution is -2.64. The average Bonchev–Trinajstić information content (AvgIpc) is 3.34. The van der Waals surface area contributed by atoms with E-state index in [2.05, 4.69) is 29.2 Å². The predicted molar refractivity (Wildman–Crippen MR) is 127 cm³/mol. The third-order valence-electron chi connectivity index (χ3n) is 6.90. The Labute approximate surface area is 203 Å². The van der Waals surface area contributed by atoms with E-state index in [1.165, 1.54) is 30.4 Å². The van der Waals surface area contributed by atoms with E-state index in [9.17, 15) is 9.59 Å². The highest BCUT2D eigenvalue weighted by Gasteiger charge is 2.56. The molecule has 33 heavy (non-hydrogen) atoms. The fourth-order valence-corrected chi connectivity index (χ4v) is 5.69. The van der Waals surface area contributed by atoms with E-state index in [4.69, 9.17) is 32.7 Å². The van der Waals surface area contributed by atoms with Gasteiger partial charge in [0.25, 0.3) is 0 Å². The summed E-state index contributed by atoms with van der Waals surface area (Å²) in [4.78, 5) is 27.9. The van der Waals surface area contributed by atoms with Gasteiger partial charge in [-0.1, -0.05) is 60.0 Å². The largest absolute Gasteiger partial charge is 0.422 e. The maximum atomic E-state index is 12.0. The molecule has 6 nitrogen and oxygen atoms in total. The number of carbonyl (C=O) groups excluding carboxylic acids is 2. The molecule has 2 fully saturated rings. The zero-order valence-corrected chi connectivity index (χ0v) is 19.8. The number of rotatable bonds is 6. The van der Waals surface area contributed by atoms with Crippen molar-refractivity contribution in [1.29, 1.82) is 0 Å². The number of anilines is 1. The third kappa shape index (κ3) is 4.32. The minimum absolute atomic E-state index is 0.263. The van der Waals surface area contributed by atoms with Crippen LogP contribution in [0.4, 0.5) is 5.69 Å². The number of esters is 2. The van der Waals surface area contributed by atoms with Crippen molar-refractivity contribution in [2.24, 2.45) is 0 Å². The average molecular weight is 489 g/mol. The molecule has 1 unspecified atom stereocenters. The maximum Gasteiger partial charge on any atom is 0.422 e. The van der Waals surface area contributed by atoms with Crippen LogP contribution in [0.15, 0.2) is 42.5 Å². The summed E-state index contributed by atoms with van der Waals surface area (Å²) in [5, 5.41) is 0.721. The summed E-state index contributed by atoms with van der Waals surface area (Å²) in [6.07, 6.45) is 5.71. The zero-order valence-electron chi connectivity index (χ0n) is 18.3. The molecule has 2 heterocycles. The Morgan fingerprint density at radius 1 is 0.970 bits per heavy atom. The summed E-state index contributed by atoms with van der Waals surface area (Å²) in [6, 6.07) is 14.0. The van der Waals surface area contributed by atoms with Crippen molar-refractivity contribution >= 4 is 40.8 Å². The molecule has 0 saturated carbocycles. The summed E-state index contributed by atoms with van der Waals surface area (Å²) in [7, 11) is 0. The Bertz CT molecular complexity index is 1060. The van der Waals surface area contributed by atoms with Crippen LogP contribution in [0, 0.1) is 0 Å². The smallest absolute Gasteiger partial charge is 0.394 e. The molecule has 1 spiro atoms. The number of ether oxygens (including phenoxy) is 2. The summed E-state index contributed by atoms with van der Waals surface area (Å²) in [6.45, 7) is 2.31. The minimum atomic E-state index is -1.52. The van der Waals surface area contributed by atoms with E-state index in [1.807, 2.05) is 0 Å². The molecule has 2 aliphatic heterocycles. The van der Waals surface area contributed by atoms with Gasteiger partial charge in [-0.05, 0) is 61.4 Å². The minimum Gasteiger partial charge on any atom is -0.394 e. The van der Waals surface area contributed by atoms with Gasteiger partial charge in [-0.2, -0.15) is 0 Å². The fourth-order valence-electron chi connectivity index (χ4n) is 5.29. The Morgan fingerprint density at radius 3 is 2.58 bits per heavy atom. The van der Waals surface area contributed by atoms with Crippen LogP contribution in [0.25, 0.3) is 0 Å². The SMILES string of the molecule is O=C1OC2(CN(CCCCC3CCc4ccccc43)CCN2c2cccc(Cl)c2Cl)OC1=O. The molecule has 5 rings (SSSR count). The molecule has 0 N–H and O–H groups in total. The van der Waals surface area contributed by atoms with Crippen LogP contribution in [-0.2, 0) is 25.5 Å². The van der Waals surface area contributed by atoms with Crippen molar-refractivity contribution in [3.05, 3.63) is 63.6 Å². The van der Waals surface area contributed by atoms with Crippen LogP contribution < -0.4 is 4.90 Å². The first-order chi connectivity index (χ1) is 16.0. The van der Waals surface area contributed by atoms with E-state index >= 15 is 0 Å². The number of carbonyl (C=O) groups is 2. The van der Waals surface area contributed by atoms with E-state index in [0.717, 1.165) is 25.9 Å². The topological polar surface area (TPSA) is 59.1 Å². The second-order valence-corrected chi connectivity index (χ2v) is 9.71. The Hall–Kier alpha value is -2.28. The highest BCUT2D eigenvalue weighted by molar-refractivity contribution is 6.43. The van der Waals surface area contributed by atoms with Gasteiger partial charge in [0.1, 0.15) is 0 Å². The molecule has 1 aliphatic carbocycles. The Morgan fingerprint density at radius 2 is 1.76 bits per heavy atom. The predicted octanol–water partition coefficient (Wildman–Crippen LogP) is 4.77. The van der Waals surface area contributed by atoms with Gasteiger partial charge in [0.05, 0.1) is 22.3 Å². The molecule has 0 radical (unpaired) electrons. The highest BCUT2D eigenvalue weighted by atomic mass is 35.5. The number of aryl methyl sites for hydroxylation is 1. The molecule has 0 amide bonds. The number of benzene rings is 2. The highest BCUT2D eigenvalue weighted by Crippen LogP contribution is 2.40. The normalized spacial score (nSPS) is 21.9. The van der Waals surface area contributed by atoms with E-state index in [0.29, 0.717) is 28.2 Å². The van der Waals surface area contributed by atoms with Gasteiger partial charge in [-0.15, -0.1) is 0 Å². The standard InChI is InChI=1S/C25H26Cl2N2O4/c26-20-9-5-10-21(22(20)27)29-15-14-28(16-25(29)32-23(30)24(31)33-25)13-4-3-7-18-12-11-17-6-1-2-8-19(17)18/h1-2,5-6,8-10,18H,3-4,7,11-16H2. The third-order valence-corrected chi connectivity index (χ3v) is 7.71. The van der Waals surface area contributed by atoms with Gasteiger partial charge in [-0.25, -0.2) is 9.59 Å². The Kier molecular flexibility index (Phi) is 6.25. The molecule has 174 valence electrons. The van der Waals surface area contributed by atoms with Gasteiger partial charge in [-0.3, -0.25) is 9.80 Å². The molecule has 8 heteroatoms. The second-order valence-electron chi connectivity index (χ2n) is 8.92. The fraction of sp³-hybridized carbons (Fsp3) is 0.440. The summed E-state index contributed by atoms with van der Waals surface area (Å²) < 4.78 is 11.0. The first-order valence-corrected chi connectivity index (χ1v) is 12.2. The molecule has 0 aromatic heterocycles. The molecule has 3 aliphatic rings. The number of unbranched alkanes of at least 4 members (excludes halogenated alkanes) is 1. The van der Waals surface area contributed by atoms with Gasteiger partial charge in [0.2, 0.25) is 0 Å². The van der Waals surface area contributed by atoms with Gasteiger partial charge in [0, 0.05) is 13.1 Å². The lowest BCUT2D eigenvalue weighted by molar-refractivity contribution is -0.192. The lowest BCUT2D eigenvalue weighted by atomic mass is 9.95. The van der Waals surface area contributed by atoms with Crippen LogP contribution in [-0.4, -0.2) is 48.9 Å². The van der Waals surface area contributed by atoms with E-state index in [1.54, 1.807) is 23.1 Å². The number of fused-ring (bicyclic) bond motifs is 1. The number of nitrogens with zero attached hydrogens (tertiary/aromatic N) is 2. The maximum absolute atomic E-state index is 12.0. The number of piperazine rings is 1. The van der Waals surface area contributed by atoms with Crippen molar-refractivity contribution in [3.8, 4) is 0 Å². The summed E-state index contributed by atoms with van der Waals surface area (Å²) >= 11 is 12.6. The van der Waals surface area contributed by atoms with Crippen LogP contribution >= 0.6 is 23.2 Å². The van der Waals surface area contributed by atoms with Crippen molar-refractivity contribution in [2.75, 3.05) is 31.1 Å². The van der Waals surface area contributed by atoms with Gasteiger partial charge < -0.3 is 9.47 Å². The first kappa shape index (κ1) is 22.5. The van der Waals surface area contributed by atoms with Gasteiger partial charge in [0.15, 0.2) is 0 Å². The molecule has 2 saturated heterocycles. The second kappa shape index (κ2) is 9.16. The monoisotopic (exact) mass is 488 g/mol. The lowest BCUT2D eigenvalue weighted by Gasteiger charge is -2.46. The van der Waals surface area contributed by atoms with Crippen LogP contribution in [0.3, 0.4) is 0 Å². The van der Waals surface area contributed by atoms with Crippen LogP contribution in [0.1, 0.15) is 42.7 Å². The van der Waals surface area contributed by atoms with Crippen molar-refractivity contribution in [2.45, 2.75) is 43.9 Å². The van der Waals surface area contributed by atoms with E-state index in [-0.39, 0.29) is 6.54 Å². The van der Waals surface area contributed by atoms with E-state index < -0.39 is 17.8 Å². The van der Waals surface area contributed by atoms with Crippen molar-refractivity contribution in [3.63, 3.8) is 0 Å². The van der Waals surface area contributed by atoms with Crippen molar-refractivity contribution in [1.82, 2.24) is 4.90 Å². The Balaban J connectivity index is 1.23. The molecular formula is C25H26Cl2N2O4. The summed E-state index contributed by atoms with van der Waals surface area (Å²) in [5.74, 6) is -2.85. The molecule has 0 bridgehead atoms. The zero-order chi connectivity index (χ0) is 23.0. The number of hydrogen-bond donors (Lipinski definition) is 0. The van der Waals surface area contributed by atoms with Crippen LogP contribution in [0.5, 0.6) is 0 Å². The quantitative estimate of drug-likeness (QED) is 0.331. The summed E-state index contributed by atoms with van der Waals surface area (Å²) in [5.41, 5.74) is 3.57. The molecular weight excluding hydrogens is 463 g/mol. The van der Waals surface area contributed by atoms with Gasteiger partial charge >= 0.3 is 17.8 Å².